The first kappa shape index (κ1) is 14.6. The maximum Gasteiger partial charge on any atom is 0.335 e. The highest BCUT2D eigenvalue weighted by Gasteiger charge is 2.22. The van der Waals surface area contributed by atoms with E-state index in [0.717, 1.165) is 5.69 Å². The first-order chi connectivity index (χ1) is 9.82. The van der Waals surface area contributed by atoms with Gasteiger partial charge in [-0.25, -0.2) is 4.79 Å². The predicted octanol–water partition coefficient (Wildman–Crippen LogP) is 1.29. The van der Waals surface area contributed by atoms with Crippen LogP contribution >= 0.6 is 0 Å². The van der Waals surface area contributed by atoms with Crippen LogP contribution < -0.4 is 10.6 Å². The number of carbonyl (C=O) groups is 2. The lowest BCUT2D eigenvalue weighted by atomic mass is 10.1. The highest BCUT2D eigenvalue weighted by Crippen LogP contribution is 2.28. The Bertz CT molecular complexity index is 704. The number of hydrogen-bond acceptors (Lipinski definition) is 4. The van der Waals surface area contributed by atoms with Crippen LogP contribution in [0.15, 0.2) is 24.3 Å². The van der Waals surface area contributed by atoms with Gasteiger partial charge in [-0.1, -0.05) is 0 Å². The first-order valence-corrected chi connectivity index (χ1v) is 6.23. The molecule has 0 spiro atoms. The van der Waals surface area contributed by atoms with Crippen molar-refractivity contribution in [1.82, 2.24) is 9.78 Å². The summed E-state index contributed by atoms with van der Waals surface area (Å²) in [5, 5.41) is 13.1. The molecule has 0 atom stereocenters. The normalized spacial score (nSPS) is 10.4. The number of aromatic carboxylic acids is 1. The van der Waals surface area contributed by atoms with E-state index in [1.54, 1.807) is 42.7 Å². The van der Waals surface area contributed by atoms with E-state index in [1.807, 2.05) is 0 Å². The number of amides is 1. The zero-order valence-corrected chi connectivity index (χ0v) is 12.0. The van der Waals surface area contributed by atoms with Gasteiger partial charge in [0, 0.05) is 19.8 Å². The van der Waals surface area contributed by atoms with Crippen molar-refractivity contribution >= 4 is 23.4 Å². The van der Waals surface area contributed by atoms with Crippen molar-refractivity contribution in [2.75, 3.05) is 11.9 Å². The van der Waals surface area contributed by atoms with Gasteiger partial charge in [0.2, 0.25) is 0 Å². The summed E-state index contributed by atoms with van der Waals surface area (Å²) in [7, 11) is 3.48. The van der Waals surface area contributed by atoms with Crippen molar-refractivity contribution in [2.24, 2.45) is 12.8 Å². The molecule has 1 heterocycles. The van der Waals surface area contributed by atoms with Gasteiger partial charge in [-0.2, -0.15) is 5.10 Å². The number of nitrogens with two attached hydrogens (primary N) is 1. The van der Waals surface area contributed by atoms with Gasteiger partial charge in [0.25, 0.3) is 5.91 Å². The Morgan fingerprint density at radius 1 is 1.29 bits per heavy atom. The number of aryl methyl sites for hydroxylation is 2. The van der Waals surface area contributed by atoms with Gasteiger partial charge in [0.15, 0.2) is 0 Å². The van der Waals surface area contributed by atoms with E-state index in [-0.39, 0.29) is 5.56 Å². The van der Waals surface area contributed by atoms with Crippen LogP contribution in [0.4, 0.5) is 11.5 Å². The van der Waals surface area contributed by atoms with Crippen molar-refractivity contribution in [3.8, 4) is 0 Å². The van der Waals surface area contributed by atoms with Gasteiger partial charge in [-0.15, -0.1) is 0 Å². The van der Waals surface area contributed by atoms with Crippen molar-refractivity contribution < 1.29 is 14.7 Å². The summed E-state index contributed by atoms with van der Waals surface area (Å²) in [6, 6.07) is 6.33. The summed E-state index contributed by atoms with van der Waals surface area (Å²) in [5.74, 6) is -0.980. The smallest absolute Gasteiger partial charge is 0.335 e. The highest BCUT2D eigenvalue weighted by atomic mass is 16.4. The van der Waals surface area contributed by atoms with Gasteiger partial charge in [0.1, 0.15) is 11.4 Å². The minimum atomic E-state index is -0.988. The summed E-state index contributed by atoms with van der Waals surface area (Å²) in [5.41, 5.74) is 7.24. The number of carbonyl (C=O) groups excluding carboxylic acids is 1. The molecule has 7 heteroatoms. The second-order valence-electron chi connectivity index (χ2n) is 4.68. The number of aromatic nitrogens is 2. The Balaban J connectivity index is 2.47. The van der Waals surface area contributed by atoms with Gasteiger partial charge < -0.3 is 15.7 Å². The minimum absolute atomic E-state index is 0.198. The Morgan fingerprint density at radius 3 is 2.33 bits per heavy atom. The number of benzene rings is 1. The van der Waals surface area contributed by atoms with Crippen molar-refractivity contribution in [3.05, 3.63) is 41.1 Å². The highest BCUT2D eigenvalue weighted by molar-refractivity contribution is 6.00. The van der Waals surface area contributed by atoms with Crippen LogP contribution in [0.2, 0.25) is 0 Å². The second kappa shape index (κ2) is 5.28. The third kappa shape index (κ3) is 2.58. The summed E-state index contributed by atoms with van der Waals surface area (Å²) < 4.78 is 1.57. The molecule has 2 aromatic rings. The Morgan fingerprint density at radius 2 is 1.86 bits per heavy atom. The Hall–Kier alpha value is -2.83. The average Bonchev–Trinajstić information content (AvgIpc) is 2.72. The number of rotatable bonds is 4. The van der Waals surface area contributed by atoms with Crippen LogP contribution in [0.3, 0.4) is 0 Å². The lowest BCUT2D eigenvalue weighted by molar-refractivity contribution is 0.0696. The average molecular weight is 288 g/mol. The third-order valence-electron chi connectivity index (χ3n) is 3.26. The lowest BCUT2D eigenvalue weighted by Gasteiger charge is -2.20. The van der Waals surface area contributed by atoms with Crippen LogP contribution in [0.1, 0.15) is 26.4 Å². The van der Waals surface area contributed by atoms with Gasteiger partial charge in [0.05, 0.1) is 11.3 Å². The zero-order valence-electron chi connectivity index (χ0n) is 12.0. The fourth-order valence-corrected chi connectivity index (χ4v) is 2.27. The van der Waals surface area contributed by atoms with Crippen LogP contribution in [-0.2, 0) is 7.05 Å². The van der Waals surface area contributed by atoms with Crippen LogP contribution in [0.5, 0.6) is 0 Å². The molecule has 0 saturated carbocycles. The molecule has 0 aliphatic carbocycles. The zero-order chi connectivity index (χ0) is 15.7. The third-order valence-corrected chi connectivity index (χ3v) is 3.26. The molecule has 0 radical (unpaired) electrons. The molecule has 110 valence electrons. The van der Waals surface area contributed by atoms with E-state index in [4.69, 9.17) is 10.8 Å². The van der Waals surface area contributed by atoms with Gasteiger partial charge >= 0.3 is 5.97 Å². The molecule has 3 N–H and O–H groups in total. The molecule has 1 amide bonds. The maximum absolute atomic E-state index is 11.6. The molecular weight excluding hydrogens is 272 g/mol. The van der Waals surface area contributed by atoms with E-state index >= 15 is 0 Å². The molecule has 0 bridgehead atoms. The molecule has 0 aliphatic heterocycles. The van der Waals surface area contributed by atoms with Crippen LogP contribution in [-0.4, -0.2) is 33.8 Å². The number of anilines is 2. The van der Waals surface area contributed by atoms with E-state index < -0.39 is 11.9 Å². The molecular formula is C14H16N4O3. The number of primary amides is 1. The van der Waals surface area contributed by atoms with Crippen LogP contribution in [0.25, 0.3) is 0 Å². The van der Waals surface area contributed by atoms with Crippen molar-refractivity contribution in [3.63, 3.8) is 0 Å². The Kier molecular flexibility index (Phi) is 3.66. The number of nitrogens with zero attached hydrogens (tertiary/aromatic N) is 3. The maximum atomic E-state index is 11.6. The molecule has 21 heavy (non-hydrogen) atoms. The number of hydrogen-bond donors (Lipinski definition) is 2. The predicted molar refractivity (Wildman–Crippen MR) is 77.9 cm³/mol. The molecule has 0 aliphatic rings. The molecule has 1 aromatic carbocycles. The van der Waals surface area contributed by atoms with Crippen molar-refractivity contribution in [1.29, 1.82) is 0 Å². The molecule has 0 unspecified atom stereocenters. The van der Waals surface area contributed by atoms with E-state index in [9.17, 15) is 9.59 Å². The summed E-state index contributed by atoms with van der Waals surface area (Å²) in [4.78, 5) is 24.2. The standard InChI is InChI=1S/C14H16N4O3/c1-8-11(12(15)19)13(18(3)16-8)17(2)10-6-4-9(5-7-10)14(20)21/h4-7H,1-3H3,(H2,15,19)(H,20,21). The topological polar surface area (TPSA) is 101 Å². The van der Waals surface area contributed by atoms with Gasteiger partial charge in [-0.3, -0.25) is 9.48 Å². The molecule has 2 rings (SSSR count). The monoisotopic (exact) mass is 288 g/mol. The first-order valence-electron chi connectivity index (χ1n) is 6.23. The minimum Gasteiger partial charge on any atom is -0.478 e. The summed E-state index contributed by atoms with van der Waals surface area (Å²) in [6.07, 6.45) is 0. The molecule has 1 aromatic heterocycles. The van der Waals surface area contributed by atoms with E-state index in [1.165, 1.54) is 12.1 Å². The Labute approximate surface area is 121 Å². The van der Waals surface area contributed by atoms with Crippen LogP contribution in [0, 0.1) is 6.92 Å². The fourth-order valence-electron chi connectivity index (χ4n) is 2.27. The summed E-state index contributed by atoms with van der Waals surface area (Å²) >= 11 is 0. The van der Waals surface area contributed by atoms with Gasteiger partial charge in [-0.05, 0) is 31.2 Å². The number of carboxylic acid groups (broad SMARTS) is 1. The second-order valence-corrected chi connectivity index (χ2v) is 4.68. The number of carboxylic acids is 1. The SMILES string of the molecule is Cc1nn(C)c(N(C)c2ccc(C(=O)O)cc2)c1C(N)=O. The van der Waals surface area contributed by atoms with E-state index in [2.05, 4.69) is 5.10 Å². The molecule has 7 nitrogen and oxygen atoms in total. The quantitative estimate of drug-likeness (QED) is 0.882. The molecule has 0 fully saturated rings. The summed E-state index contributed by atoms with van der Waals surface area (Å²) in [6.45, 7) is 1.71. The van der Waals surface area contributed by atoms with Crippen molar-refractivity contribution in [2.45, 2.75) is 6.92 Å². The molecule has 0 saturated heterocycles. The lowest BCUT2D eigenvalue weighted by Crippen LogP contribution is -2.20. The fraction of sp³-hybridized carbons (Fsp3) is 0.214. The largest absolute Gasteiger partial charge is 0.478 e. The van der Waals surface area contributed by atoms with E-state index in [0.29, 0.717) is 17.1 Å².